The highest BCUT2D eigenvalue weighted by Crippen LogP contribution is 2.44. The third-order valence-corrected chi connectivity index (χ3v) is 4.83. The lowest BCUT2D eigenvalue weighted by Gasteiger charge is -2.24. The third kappa shape index (κ3) is 3.02. The van der Waals surface area contributed by atoms with Crippen molar-refractivity contribution in [3.63, 3.8) is 0 Å². The van der Waals surface area contributed by atoms with Crippen LogP contribution in [0.4, 0.5) is 4.79 Å². The SMILES string of the molecule is CC(CCO)N(C)C(=O)OCC1c2ccccc2-c2ccccc21. The van der Waals surface area contributed by atoms with Gasteiger partial charge < -0.3 is 14.7 Å². The van der Waals surface area contributed by atoms with Gasteiger partial charge in [0.15, 0.2) is 0 Å². The number of hydrogen-bond acceptors (Lipinski definition) is 3. The molecule has 3 rings (SSSR count). The Morgan fingerprint density at radius 3 is 2.21 bits per heavy atom. The molecule has 4 nitrogen and oxygen atoms in total. The van der Waals surface area contributed by atoms with Gasteiger partial charge in [-0.3, -0.25) is 0 Å². The largest absolute Gasteiger partial charge is 0.448 e. The third-order valence-electron chi connectivity index (χ3n) is 4.83. The first-order valence-corrected chi connectivity index (χ1v) is 8.32. The molecule has 0 radical (unpaired) electrons. The van der Waals surface area contributed by atoms with E-state index in [1.165, 1.54) is 22.3 Å². The molecule has 0 saturated carbocycles. The molecule has 1 amide bonds. The molecule has 0 fully saturated rings. The second kappa shape index (κ2) is 7.05. The summed E-state index contributed by atoms with van der Waals surface area (Å²) in [4.78, 5) is 13.8. The lowest BCUT2D eigenvalue weighted by molar-refractivity contribution is 0.0920. The predicted octanol–water partition coefficient (Wildman–Crippen LogP) is 3.64. The quantitative estimate of drug-likeness (QED) is 0.913. The summed E-state index contributed by atoms with van der Waals surface area (Å²) >= 11 is 0. The van der Waals surface area contributed by atoms with Crippen molar-refractivity contribution in [2.24, 2.45) is 0 Å². The zero-order valence-corrected chi connectivity index (χ0v) is 14.1. The molecule has 126 valence electrons. The first-order valence-electron chi connectivity index (χ1n) is 8.32. The topological polar surface area (TPSA) is 49.8 Å². The van der Waals surface area contributed by atoms with Crippen LogP contribution in [0.5, 0.6) is 0 Å². The molecule has 0 aliphatic heterocycles. The van der Waals surface area contributed by atoms with Gasteiger partial charge in [-0.15, -0.1) is 0 Å². The minimum Gasteiger partial charge on any atom is -0.448 e. The highest BCUT2D eigenvalue weighted by molar-refractivity contribution is 5.79. The minimum absolute atomic E-state index is 0.0503. The van der Waals surface area contributed by atoms with Crippen molar-refractivity contribution in [3.8, 4) is 11.1 Å². The van der Waals surface area contributed by atoms with Gasteiger partial charge in [-0.1, -0.05) is 48.5 Å². The van der Waals surface area contributed by atoms with Crippen molar-refractivity contribution in [2.75, 3.05) is 20.3 Å². The molecular weight excluding hydrogens is 302 g/mol. The molecule has 2 aromatic rings. The molecule has 1 N–H and O–H groups in total. The van der Waals surface area contributed by atoms with Crippen LogP contribution < -0.4 is 0 Å². The number of rotatable bonds is 5. The molecule has 1 atom stereocenters. The molecule has 24 heavy (non-hydrogen) atoms. The number of benzene rings is 2. The Kier molecular flexibility index (Phi) is 4.86. The maximum atomic E-state index is 12.3. The molecule has 1 unspecified atom stereocenters. The predicted molar refractivity (Wildman–Crippen MR) is 94.0 cm³/mol. The summed E-state index contributed by atoms with van der Waals surface area (Å²) in [6.45, 7) is 2.28. The Balaban J connectivity index is 1.75. The standard InChI is InChI=1S/C20H23NO3/c1-14(11-12-22)21(2)20(23)24-13-19-17-9-5-3-7-15(17)16-8-4-6-10-18(16)19/h3-10,14,19,22H,11-13H2,1-2H3. The fraction of sp³-hybridized carbons (Fsp3) is 0.350. The molecule has 1 aliphatic rings. The fourth-order valence-electron chi connectivity index (χ4n) is 3.26. The van der Waals surface area contributed by atoms with Gasteiger partial charge in [-0.2, -0.15) is 0 Å². The number of nitrogens with zero attached hydrogens (tertiary/aromatic N) is 1. The summed E-state index contributed by atoms with van der Waals surface area (Å²) < 4.78 is 5.57. The number of aliphatic hydroxyl groups is 1. The second-order valence-electron chi connectivity index (χ2n) is 6.28. The van der Waals surface area contributed by atoms with E-state index in [9.17, 15) is 4.79 Å². The molecule has 2 aromatic carbocycles. The van der Waals surface area contributed by atoms with E-state index in [0.717, 1.165) is 0 Å². The van der Waals surface area contributed by atoms with Crippen molar-refractivity contribution in [1.29, 1.82) is 0 Å². The van der Waals surface area contributed by atoms with Crippen LogP contribution in [0, 0.1) is 0 Å². The monoisotopic (exact) mass is 325 g/mol. The van der Waals surface area contributed by atoms with E-state index in [2.05, 4.69) is 24.3 Å². The Morgan fingerprint density at radius 2 is 1.67 bits per heavy atom. The fourth-order valence-corrected chi connectivity index (χ4v) is 3.26. The molecule has 1 aliphatic carbocycles. The highest BCUT2D eigenvalue weighted by Gasteiger charge is 2.29. The van der Waals surface area contributed by atoms with Crippen LogP contribution in [0.2, 0.25) is 0 Å². The summed E-state index contributed by atoms with van der Waals surface area (Å²) in [5.41, 5.74) is 4.85. The Hall–Kier alpha value is -2.33. The molecule has 0 aromatic heterocycles. The van der Waals surface area contributed by atoms with E-state index in [0.29, 0.717) is 13.0 Å². The smallest absolute Gasteiger partial charge is 0.409 e. The van der Waals surface area contributed by atoms with Gasteiger partial charge in [0.2, 0.25) is 0 Å². The van der Waals surface area contributed by atoms with Crippen LogP contribution >= 0.6 is 0 Å². The van der Waals surface area contributed by atoms with Crippen molar-refractivity contribution in [1.82, 2.24) is 4.90 Å². The zero-order valence-electron chi connectivity index (χ0n) is 14.1. The Bertz CT molecular complexity index is 683. The van der Waals surface area contributed by atoms with Gasteiger partial charge in [0.1, 0.15) is 6.61 Å². The van der Waals surface area contributed by atoms with Crippen molar-refractivity contribution < 1.29 is 14.6 Å². The number of fused-ring (bicyclic) bond motifs is 3. The van der Waals surface area contributed by atoms with E-state index in [-0.39, 0.29) is 24.7 Å². The average molecular weight is 325 g/mol. The highest BCUT2D eigenvalue weighted by atomic mass is 16.6. The summed E-state index contributed by atoms with van der Waals surface area (Å²) in [7, 11) is 1.71. The number of carbonyl (C=O) groups is 1. The van der Waals surface area contributed by atoms with Gasteiger partial charge in [0.25, 0.3) is 0 Å². The van der Waals surface area contributed by atoms with Gasteiger partial charge >= 0.3 is 6.09 Å². The molecule has 0 spiro atoms. The van der Waals surface area contributed by atoms with E-state index in [4.69, 9.17) is 9.84 Å². The van der Waals surface area contributed by atoms with Gasteiger partial charge in [-0.25, -0.2) is 4.79 Å². The summed E-state index contributed by atoms with van der Waals surface area (Å²) in [5, 5.41) is 9.01. The van der Waals surface area contributed by atoms with Crippen LogP contribution in [-0.2, 0) is 4.74 Å². The van der Waals surface area contributed by atoms with Crippen LogP contribution in [0.15, 0.2) is 48.5 Å². The maximum Gasteiger partial charge on any atom is 0.409 e. The minimum atomic E-state index is -0.349. The van der Waals surface area contributed by atoms with Crippen molar-refractivity contribution in [3.05, 3.63) is 59.7 Å². The summed E-state index contributed by atoms with van der Waals surface area (Å²) in [6.07, 6.45) is 0.193. The van der Waals surface area contributed by atoms with Crippen LogP contribution in [-0.4, -0.2) is 42.4 Å². The van der Waals surface area contributed by atoms with E-state index < -0.39 is 0 Å². The number of amides is 1. The Morgan fingerprint density at radius 1 is 1.12 bits per heavy atom. The molecular formula is C20H23NO3. The lowest BCUT2D eigenvalue weighted by atomic mass is 9.98. The zero-order chi connectivity index (χ0) is 17.1. The van der Waals surface area contributed by atoms with E-state index >= 15 is 0 Å². The van der Waals surface area contributed by atoms with E-state index in [1.807, 2.05) is 31.2 Å². The average Bonchev–Trinajstić information content (AvgIpc) is 2.93. The summed E-state index contributed by atoms with van der Waals surface area (Å²) in [5.74, 6) is 0.0721. The summed E-state index contributed by atoms with van der Waals surface area (Å²) in [6, 6.07) is 16.5. The van der Waals surface area contributed by atoms with Gasteiger partial charge in [0.05, 0.1) is 0 Å². The number of ether oxygens (including phenoxy) is 1. The first kappa shape index (κ1) is 16.5. The van der Waals surface area contributed by atoms with Crippen LogP contribution in [0.1, 0.15) is 30.4 Å². The normalized spacial score (nSPS) is 14.0. The molecule has 0 heterocycles. The van der Waals surface area contributed by atoms with Crippen molar-refractivity contribution >= 4 is 6.09 Å². The molecule has 0 saturated heterocycles. The van der Waals surface area contributed by atoms with Gasteiger partial charge in [0, 0.05) is 25.6 Å². The lowest BCUT2D eigenvalue weighted by Crippen LogP contribution is -2.36. The molecule has 0 bridgehead atoms. The second-order valence-corrected chi connectivity index (χ2v) is 6.28. The maximum absolute atomic E-state index is 12.3. The Labute approximate surface area is 142 Å². The number of carbonyl (C=O) groups excluding carboxylic acids is 1. The number of aliphatic hydroxyl groups excluding tert-OH is 1. The van der Waals surface area contributed by atoms with Crippen molar-refractivity contribution in [2.45, 2.75) is 25.3 Å². The molecule has 4 heteroatoms. The van der Waals surface area contributed by atoms with Crippen LogP contribution in [0.25, 0.3) is 11.1 Å². The van der Waals surface area contributed by atoms with E-state index in [1.54, 1.807) is 11.9 Å². The first-order chi connectivity index (χ1) is 11.6. The van der Waals surface area contributed by atoms with Gasteiger partial charge in [-0.05, 0) is 35.6 Å². The number of hydrogen-bond donors (Lipinski definition) is 1. The van der Waals surface area contributed by atoms with Crippen LogP contribution in [0.3, 0.4) is 0 Å².